The second-order valence-electron chi connectivity index (χ2n) is 7.17. The summed E-state index contributed by atoms with van der Waals surface area (Å²) in [5.41, 5.74) is 1.46. The Hall–Kier alpha value is -2.83. The molecule has 7 nitrogen and oxygen atoms in total. The Bertz CT molecular complexity index is 804. The van der Waals surface area contributed by atoms with Gasteiger partial charge in [-0.1, -0.05) is 29.8 Å². The molecule has 2 N–H and O–H groups in total. The Morgan fingerprint density at radius 2 is 1.81 bits per heavy atom. The van der Waals surface area contributed by atoms with Crippen molar-refractivity contribution in [3.05, 3.63) is 47.7 Å². The molecule has 1 aliphatic rings. The molecular weight excluding hydrogens is 342 g/mol. The summed E-state index contributed by atoms with van der Waals surface area (Å²) >= 11 is 0. The Morgan fingerprint density at radius 1 is 1.15 bits per heavy atom. The van der Waals surface area contributed by atoms with Gasteiger partial charge in [-0.05, 0) is 25.3 Å². The number of likely N-dealkylation sites (tertiary alicyclic amines) is 1. The van der Waals surface area contributed by atoms with E-state index < -0.39 is 5.54 Å². The number of amides is 2. The van der Waals surface area contributed by atoms with E-state index >= 15 is 0 Å². The van der Waals surface area contributed by atoms with Crippen LogP contribution in [0, 0.1) is 6.92 Å². The summed E-state index contributed by atoms with van der Waals surface area (Å²) < 4.78 is 1.71. The topological polar surface area (TPSA) is 79.3 Å². The quantitative estimate of drug-likeness (QED) is 0.837. The average molecular weight is 369 g/mol. The summed E-state index contributed by atoms with van der Waals surface area (Å²) in [7, 11) is 3.48. The zero-order valence-electron chi connectivity index (χ0n) is 16.2. The van der Waals surface area contributed by atoms with E-state index in [0.717, 1.165) is 11.4 Å². The molecular formula is C20H27N5O2. The van der Waals surface area contributed by atoms with Crippen molar-refractivity contribution < 1.29 is 9.59 Å². The highest BCUT2D eigenvalue weighted by Gasteiger charge is 2.42. The highest BCUT2D eigenvalue weighted by molar-refractivity contribution is 5.89. The maximum Gasteiger partial charge on any atom is 0.245 e. The zero-order valence-corrected chi connectivity index (χ0v) is 16.2. The number of piperidine rings is 1. The Morgan fingerprint density at radius 3 is 2.37 bits per heavy atom. The first-order valence-corrected chi connectivity index (χ1v) is 9.25. The first kappa shape index (κ1) is 18.9. The van der Waals surface area contributed by atoms with Gasteiger partial charge in [0.05, 0.1) is 12.6 Å². The molecule has 2 aromatic rings. The highest BCUT2D eigenvalue weighted by Crippen LogP contribution is 2.27. The molecule has 1 aromatic carbocycles. The Labute approximate surface area is 159 Å². The molecule has 1 saturated heterocycles. The molecule has 7 heteroatoms. The number of nitrogens with one attached hydrogen (secondary N) is 2. The van der Waals surface area contributed by atoms with Gasteiger partial charge in [-0.15, -0.1) is 0 Å². The van der Waals surface area contributed by atoms with E-state index in [1.54, 1.807) is 17.9 Å². The number of aromatic nitrogens is 2. The van der Waals surface area contributed by atoms with E-state index in [9.17, 15) is 9.59 Å². The zero-order chi connectivity index (χ0) is 19.4. The van der Waals surface area contributed by atoms with Gasteiger partial charge in [-0.3, -0.25) is 14.3 Å². The molecule has 1 aromatic heterocycles. The summed E-state index contributed by atoms with van der Waals surface area (Å²) in [5.74, 6) is 0.831. The minimum Gasteiger partial charge on any atom is -0.357 e. The smallest absolute Gasteiger partial charge is 0.245 e. The molecule has 2 amide bonds. The van der Waals surface area contributed by atoms with Crippen LogP contribution in [0.1, 0.15) is 24.0 Å². The average Bonchev–Trinajstić information content (AvgIpc) is 3.07. The molecule has 27 heavy (non-hydrogen) atoms. The number of hydrogen-bond donors (Lipinski definition) is 2. The van der Waals surface area contributed by atoms with E-state index in [4.69, 9.17) is 0 Å². The number of carbonyl (C=O) groups is 2. The maximum absolute atomic E-state index is 12.7. The summed E-state index contributed by atoms with van der Waals surface area (Å²) in [6, 6.07) is 9.88. The van der Waals surface area contributed by atoms with Crippen LogP contribution < -0.4 is 10.6 Å². The molecule has 0 aliphatic carbocycles. The van der Waals surface area contributed by atoms with Crippen LogP contribution in [0.15, 0.2) is 36.5 Å². The number of carbonyl (C=O) groups excluding carboxylic acids is 2. The van der Waals surface area contributed by atoms with E-state index in [2.05, 4.69) is 15.7 Å². The summed E-state index contributed by atoms with van der Waals surface area (Å²) in [4.78, 5) is 27.1. The number of rotatable bonds is 5. The molecule has 0 bridgehead atoms. The predicted molar refractivity (Wildman–Crippen MR) is 104 cm³/mol. The van der Waals surface area contributed by atoms with Crippen LogP contribution in [-0.4, -0.2) is 52.2 Å². The van der Waals surface area contributed by atoms with Gasteiger partial charge >= 0.3 is 0 Å². The summed E-state index contributed by atoms with van der Waals surface area (Å²) in [5, 5.41) is 10.3. The minimum absolute atomic E-state index is 0.0608. The van der Waals surface area contributed by atoms with Crippen molar-refractivity contribution in [2.24, 2.45) is 7.05 Å². The lowest BCUT2D eigenvalue weighted by atomic mass is 9.86. The molecule has 3 rings (SSSR count). The Kier molecular flexibility index (Phi) is 5.48. The lowest BCUT2D eigenvalue weighted by Gasteiger charge is -2.41. The standard InChI is InChI=1S/C20H27N5O2/c1-15-4-6-16(7-5-15)14-18(26)25-12-9-20(10-13-25,19(27)21-2)23-17-8-11-22-24(17)3/h4-8,11,23H,9-10,12-14H2,1-3H3,(H,21,27). The normalized spacial score (nSPS) is 16.0. The molecule has 1 fully saturated rings. The minimum atomic E-state index is -0.733. The third-order valence-electron chi connectivity index (χ3n) is 5.30. The molecule has 0 atom stereocenters. The molecule has 144 valence electrons. The highest BCUT2D eigenvalue weighted by atomic mass is 16.2. The first-order chi connectivity index (χ1) is 12.9. The van der Waals surface area contributed by atoms with Gasteiger partial charge in [0.1, 0.15) is 11.4 Å². The van der Waals surface area contributed by atoms with E-state index in [0.29, 0.717) is 32.4 Å². The first-order valence-electron chi connectivity index (χ1n) is 9.25. The molecule has 1 aliphatic heterocycles. The van der Waals surface area contributed by atoms with Crippen LogP contribution in [-0.2, 0) is 23.1 Å². The van der Waals surface area contributed by atoms with Gasteiger partial charge in [0.25, 0.3) is 0 Å². The fraction of sp³-hybridized carbons (Fsp3) is 0.450. The lowest BCUT2D eigenvalue weighted by Crippen LogP contribution is -2.58. The predicted octanol–water partition coefficient (Wildman–Crippen LogP) is 1.49. The van der Waals surface area contributed by atoms with Gasteiger partial charge in [0.15, 0.2) is 0 Å². The van der Waals surface area contributed by atoms with Crippen LogP contribution in [0.3, 0.4) is 0 Å². The van der Waals surface area contributed by atoms with Gasteiger partial charge < -0.3 is 15.5 Å². The van der Waals surface area contributed by atoms with Crippen molar-refractivity contribution in [1.82, 2.24) is 20.0 Å². The summed E-state index contributed by atoms with van der Waals surface area (Å²) in [6.45, 7) is 3.12. The number of anilines is 1. The van der Waals surface area contributed by atoms with Crippen molar-refractivity contribution in [2.75, 3.05) is 25.5 Å². The third kappa shape index (κ3) is 4.13. The van der Waals surface area contributed by atoms with Crippen molar-refractivity contribution in [3.8, 4) is 0 Å². The van der Waals surface area contributed by atoms with Crippen molar-refractivity contribution >= 4 is 17.6 Å². The Balaban J connectivity index is 1.66. The maximum atomic E-state index is 12.7. The van der Waals surface area contributed by atoms with Crippen LogP contribution in [0.4, 0.5) is 5.82 Å². The van der Waals surface area contributed by atoms with Gasteiger partial charge in [0.2, 0.25) is 11.8 Å². The second-order valence-corrected chi connectivity index (χ2v) is 7.17. The fourth-order valence-electron chi connectivity index (χ4n) is 3.52. The molecule has 0 saturated carbocycles. The molecule has 2 heterocycles. The van der Waals surface area contributed by atoms with Crippen LogP contribution >= 0.6 is 0 Å². The van der Waals surface area contributed by atoms with E-state index in [1.807, 2.05) is 49.2 Å². The second kappa shape index (κ2) is 7.82. The van der Waals surface area contributed by atoms with Crippen LogP contribution in [0.25, 0.3) is 0 Å². The van der Waals surface area contributed by atoms with E-state index in [-0.39, 0.29) is 11.8 Å². The SMILES string of the molecule is CNC(=O)C1(Nc2ccnn2C)CCN(C(=O)Cc2ccc(C)cc2)CC1. The van der Waals surface area contributed by atoms with E-state index in [1.165, 1.54) is 5.56 Å². The third-order valence-corrected chi connectivity index (χ3v) is 5.30. The lowest BCUT2D eigenvalue weighted by molar-refractivity contribution is -0.135. The molecule has 0 radical (unpaired) electrons. The van der Waals surface area contributed by atoms with Crippen molar-refractivity contribution in [3.63, 3.8) is 0 Å². The number of likely N-dealkylation sites (N-methyl/N-ethyl adjacent to an activating group) is 1. The fourth-order valence-corrected chi connectivity index (χ4v) is 3.52. The molecule has 0 unspecified atom stereocenters. The van der Waals surface area contributed by atoms with Crippen LogP contribution in [0.2, 0.25) is 0 Å². The number of nitrogens with zero attached hydrogens (tertiary/aromatic N) is 3. The number of hydrogen-bond acceptors (Lipinski definition) is 4. The van der Waals surface area contributed by atoms with Gasteiger partial charge in [0, 0.05) is 33.3 Å². The number of aryl methyl sites for hydroxylation is 2. The number of benzene rings is 1. The van der Waals surface area contributed by atoms with Crippen LogP contribution in [0.5, 0.6) is 0 Å². The monoisotopic (exact) mass is 369 g/mol. The van der Waals surface area contributed by atoms with Gasteiger partial charge in [-0.25, -0.2) is 0 Å². The van der Waals surface area contributed by atoms with Gasteiger partial charge in [-0.2, -0.15) is 5.10 Å². The largest absolute Gasteiger partial charge is 0.357 e. The van der Waals surface area contributed by atoms with Crippen molar-refractivity contribution in [2.45, 2.75) is 31.7 Å². The van der Waals surface area contributed by atoms with Crippen molar-refractivity contribution in [1.29, 1.82) is 0 Å². The molecule has 0 spiro atoms. The summed E-state index contributed by atoms with van der Waals surface area (Å²) in [6.07, 6.45) is 3.19.